The van der Waals surface area contributed by atoms with E-state index in [-0.39, 0.29) is 23.9 Å². The molecule has 2 rings (SSSR count). The molecule has 1 aliphatic rings. The van der Waals surface area contributed by atoms with Crippen LogP contribution in [-0.2, 0) is 29.1 Å². The van der Waals surface area contributed by atoms with Gasteiger partial charge in [-0.1, -0.05) is 25.7 Å². The van der Waals surface area contributed by atoms with Gasteiger partial charge in [0.05, 0.1) is 18.4 Å². The van der Waals surface area contributed by atoms with E-state index in [1.54, 1.807) is 6.92 Å². The van der Waals surface area contributed by atoms with Crippen LogP contribution in [0.2, 0.25) is 25.7 Å². The van der Waals surface area contributed by atoms with Crippen LogP contribution in [0.4, 0.5) is 0 Å². The Bertz CT molecular complexity index is 970. The zero-order chi connectivity index (χ0) is 23.6. The first kappa shape index (κ1) is 25.0. The maximum absolute atomic E-state index is 13.0. The van der Waals surface area contributed by atoms with Gasteiger partial charge in [0.1, 0.15) is 6.04 Å². The fourth-order valence-corrected chi connectivity index (χ4v) is 7.84. The van der Waals surface area contributed by atoms with E-state index in [4.69, 9.17) is 14.2 Å². The predicted octanol–water partition coefficient (Wildman–Crippen LogP) is 2.49. The third-order valence-corrected chi connectivity index (χ3v) is 8.46. The molecule has 0 aromatic heterocycles. The fourth-order valence-electron chi connectivity index (χ4n) is 3.07. The van der Waals surface area contributed by atoms with Crippen molar-refractivity contribution in [3.8, 4) is 11.5 Å². The second-order valence-electron chi connectivity index (χ2n) is 8.49. The molecule has 11 heteroatoms. The van der Waals surface area contributed by atoms with E-state index in [0.717, 1.165) is 4.31 Å². The van der Waals surface area contributed by atoms with Crippen LogP contribution >= 0.6 is 0 Å². The van der Waals surface area contributed by atoms with Crippen LogP contribution in [0.5, 0.6) is 11.5 Å². The van der Waals surface area contributed by atoms with Gasteiger partial charge in [0.25, 0.3) is 0 Å². The number of esters is 3. The highest BCUT2D eigenvalue weighted by Crippen LogP contribution is 2.48. The van der Waals surface area contributed by atoms with E-state index in [1.807, 2.05) is 0 Å². The molecule has 3 atom stereocenters. The Kier molecular flexibility index (Phi) is 7.66. The van der Waals surface area contributed by atoms with Gasteiger partial charge >= 0.3 is 17.9 Å². The largest absolute Gasteiger partial charge is 0.465 e. The number of carbonyl (C=O) groups is 3. The lowest BCUT2D eigenvalue weighted by atomic mass is 10.1. The first-order chi connectivity index (χ1) is 14.3. The van der Waals surface area contributed by atoms with Crippen molar-refractivity contribution in [2.24, 2.45) is 0 Å². The summed E-state index contributed by atoms with van der Waals surface area (Å²) >= 11 is 0. The second kappa shape index (κ2) is 9.49. The highest BCUT2D eigenvalue weighted by molar-refractivity contribution is 7.89. The van der Waals surface area contributed by atoms with E-state index in [2.05, 4.69) is 19.6 Å². The maximum Gasteiger partial charge on any atom is 0.326 e. The zero-order valence-corrected chi connectivity index (χ0v) is 20.4. The SMILES string of the molecule is CCOC(=O)[C@@H]1[C@H](c2ccc(OC(C)=O)c(OC(C)=O)c2)N1S(=O)(=O)CC[Si](C)(C)C. The number of rotatable bonds is 9. The van der Waals surface area contributed by atoms with Crippen LogP contribution in [0.3, 0.4) is 0 Å². The van der Waals surface area contributed by atoms with Crippen LogP contribution in [0.1, 0.15) is 32.4 Å². The van der Waals surface area contributed by atoms with Gasteiger partial charge < -0.3 is 14.2 Å². The summed E-state index contributed by atoms with van der Waals surface area (Å²) < 4.78 is 42.4. The lowest BCUT2D eigenvalue weighted by molar-refractivity contribution is -0.143. The third kappa shape index (κ3) is 6.62. The minimum absolute atomic E-state index is 0.0212. The monoisotopic (exact) mass is 471 g/mol. The van der Waals surface area contributed by atoms with Gasteiger partial charge in [0.2, 0.25) is 10.0 Å². The molecule has 1 saturated heterocycles. The molecule has 31 heavy (non-hydrogen) atoms. The number of hydrogen-bond donors (Lipinski definition) is 0. The summed E-state index contributed by atoms with van der Waals surface area (Å²) in [5.74, 6) is -1.95. The number of ether oxygens (including phenoxy) is 3. The average Bonchev–Trinajstić information content (AvgIpc) is 3.37. The standard InChI is InChI=1S/C20H29NO8SSi/c1-7-27-20(24)19-18(21(19)30(25,26)10-11-31(4,5)6)15-8-9-16(28-13(2)22)17(12-15)29-14(3)23/h8-9,12,18-19H,7,10-11H2,1-6H3/t18-,19-,21?/m0/s1. The zero-order valence-electron chi connectivity index (χ0n) is 18.6. The Balaban J connectivity index is 2.41. The van der Waals surface area contributed by atoms with Crippen molar-refractivity contribution >= 4 is 36.0 Å². The summed E-state index contributed by atoms with van der Waals surface area (Å²) in [6.45, 7) is 10.4. The van der Waals surface area contributed by atoms with E-state index in [9.17, 15) is 22.8 Å². The smallest absolute Gasteiger partial charge is 0.326 e. The first-order valence-corrected chi connectivity index (χ1v) is 15.3. The maximum atomic E-state index is 13.0. The molecule has 0 aliphatic carbocycles. The average molecular weight is 472 g/mol. The molecule has 1 aromatic carbocycles. The van der Waals surface area contributed by atoms with Gasteiger partial charge in [-0.2, -0.15) is 4.31 Å². The third-order valence-electron chi connectivity index (χ3n) is 4.53. The Labute approximate surface area is 183 Å². The van der Waals surface area contributed by atoms with Crippen LogP contribution in [0, 0.1) is 0 Å². The van der Waals surface area contributed by atoms with Crippen LogP contribution in [-0.4, -0.2) is 57.1 Å². The van der Waals surface area contributed by atoms with Crippen molar-refractivity contribution in [1.82, 2.24) is 4.31 Å². The van der Waals surface area contributed by atoms with E-state index in [1.165, 1.54) is 32.0 Å². The Morgan fingerprint density at radius 3 is 2.13 bits per heavy atom. The number of hydrogen-bond acceptors (Lipinski definition) is 8. The molecule has 172 valence electrons. The molecule has 0 radical (unpaired) electrons. The molecule has 0 N–H and O–H groups in total. The van der Waals surface area contributed by atoms with Crippen LogP contribution in [0.15, 0.2) is 18.2 Å². The first-order valence-electron chi connectivity index (χ1n) is 9.95. The molecule has 1 unspecified atom stereocenters. The Hall–Kier alpha value is -2.24. The van der Waals surface area contributed by atoms with E-state index >= 15 is 0 Å². The summed E-state index contributed by atoms with van der Waals surface area (Å²) in [5.41, 5.74) is 0.432. The summed E-state index contributed by atoms with van der Waals surface area (Å²) in [7, 11) is -5.35. The molecule has 0 saturated carbocycles. The summed E-state index contributed by atoms with van der Waals surface area (Å²) in [4.78, 5) is 35.2. The van der Waals surface area contributed by atoms with Gasteiger partial charge in [0, 0.05) is 21.9 Å². The summed E-state index contributed by atoms with van der Waals surface area (Å²) in [5, 5.41) is 0. The number of nitrogens with zero attached hydrogens (tertiary/aromatic N) is 1. The number of carbonyl (C=O) groups excluding carboxylic acids is 3. The fraction of sp³-hybridized carbons (Fsp3) is 0.550. The molecule has 1 fully saturated rings. The van der Waals surface area contributed by atoms with Crippen LogP contribution in [0.25, 0.3) is 0 Å². The molecular formula is C20H29NO8SSi. The van der Waals surface area contributed by atoms with Gasteiger partial charge in [-0.3, -0.25) is 14.4 Å². The summed E-state index contributed by atoms with van der Waals surface area (Å²) in [6.07, 6.45) is 0. The van der Waals surface area contributed by atoms with Crippen molar-refractivity contribution < 1.29 is 37.0 Å². The van der Waals surface area contributed by atoms with Gasteiger partial charge in [-0.05, 0) is 30.7 Å². The minimum Gasteiger partial charge on any atom is -0.465 e. The molecule has 1 heterocycles. The second-order valence-corrected chi connectivity index (χ2v) is 16.1. The molecule has 9 nitrogen and oxygen atoms in total. The number of benzene rings is 1. The predicted molar refractivity (Wildman–Crippen MR) is 116 cm³/mol. The van der Waals surface area contributed by atoms with Crippen molar-refractivity contribution in [3.63, 3.8) is 0 Å². The molecule has 1 aromatic rings. The normalized spacial score (nSPS) is 20.6. The van der Waals surface area contributed by atoms with E-state index < -0.39 is 48.1 Å². The molecule has 1 aliphatic heterocycles. The highest BCUT2D eigenvalue weighted by atomic mass is 32.2. The molecular weight excluding hydrogens is 442 g/mol. The van der Waals surface area contributed by atoms with Crippen molar-refractivity contribution in [2.45, 2.75) is 58.5 Å². The summed E-state index contributed by atoms with van der Waals surface area (Å²) in [6, 6.07) is 3.13. The Morgan fingerprint density at radius 1 is 1.03 bits per heavy atom. The van der Waals surface area contributed by atoms with Crippen molar-refractivity contribution in [3.05, 3.63) is 23.8 Å². The van der Waals surface area contributed by atoms with Crippen molar-refractivity contribution in [2.75, 3.05) is 12.4 Å². The molecule has 0 bridgehead atoms. The minimum atomic E-state index is -3.72. The lowest BCUT2D eigenvalue weighted by Gasteiger charge is -2.16. The number of sulfonamides is 1. The molecule has 0 spiro atoms. The molecule has 0 amide bonds. The quantitative estimate of drug-likeness (QED) is 0.233. The van der Waals surface area contributed by atoms with Crippen LogP contribution < -0.4 is 9.47 Å². The topological polar surface area (TPSA) is 116 Å². The van der Waals surface area contributed by atoms with Gasteiger partial charge in [-0.15, -0.1) is 0 Å². The van der Waals surface area contributed by atoms with Crippen molar-refractivity contribution in [1.29, 1.82) is 0 Å². The van der Waals surface area contributed by atoms with Gasteiger partial charge in [-0.25, -0.2) is 8.42 Å². The van der Waals surface area contributed by atoms with Gasteiger partial charge in [0.15, 0.2) is 11.5 Å². The van der Waals surface area contributed by atoms with E-state index in [0.29, 0.717) is 11.6 Å². The highest BCUT2D eigenvalue weighted by Gasteiger charge is 2.60. The Morgan fingerprint density at radius 2 is 1.61 bits per heavy atom. The lowest BCUT2D eigenvalue weighted by Crippen LogP contribution is -2.28.